The summed E-state index contributed by atoms with van der Waals surface area (Å²) in [7, 11) is 0. The van der Waals surface area contributed by atoms with Crippen molar-refractivity contribution in [2.75, 3.05) is 23.3 Å². The quantitative estimate of drug-likeness (QED) is 0.756. The van der Waals surface area contributed by atoms with Gasteiger partial charge in [-0.15, -0.1) is 0 Å². The fraction of sp³-hybridized carbons (Fsp3) is 0.688. The molecule has 1 heterocycles. The Balaban J connectivity index is 2.28. The third-order valence-electron chi connectivity index (χ3n) is 3.69. The summed E-state index contributed by atoms with van der Waals surface area (Å²) in [6.45, 7) is 6.02. The van der Waals surface area contributed by atoms with E-state index in [1.165, 1.54) is 18.4 Å². The Kier molecular flexibility index (Phi) is 5.79. The Morgan fingerprint density at radius 3 is 2.76 bits per heavy atom. The Hall–Kier alpha value is -1.83. The molecule has 0 amide bonds. The summed E-state index contributed by atoms with van der Waals surface area (Å²) < 4.78 is 0. The van der Waals surface area contributed by atoms with Crippen molar-refractivity contribution in [3.05, 3.63) is 11.9 Å². The first kappa shape index (κ1) is 15.6. The van der Waals surface area contributed by atoms with Crippen LogP contribution >= 0.6 is 0 Å². The highest BCUT2D eigenvalue weighted by Crippen LogP contribution is 2.34. The van der Waals surface area contributed by atoms with Gasteiger partial charge in [0, 0.05) is 24.7 Å². The van der Waals surface area contributed by atoms with Crippen LogP contribution in [0.3, 0.4) is 0 Å². The zero-order valence-electron chi connectivity index (χ0n) is 13.1. The Morgan fingerprint density at radius 2 is 2.14 bits per heavy atom. The summed E-state index contributed by atoms with van der Waals surface area (Å²) in [5.74, 6) is 1.99. The van der Waals surface area contributed by atoms with E-state index in [0.29, 0.717) is 12.5 Å². The summed E-state index contributed by atoms with van der Waals surface area (Å²) in [6.07, 6.45) is 7.72. The fourth-order valence-electron chi connectivity index (χ4n) is 2.54. The predicted octanol–water partition coefficient (Wildman–Crippen LogP) is 3.13. The molecule has 0 bridgehead atoms. The van der Waals surface area contributed by atoms with Crippen LogP contribution < -0.4 is 10.2 Å². The molecule has 0 saturated heterocycles. The molecule has 1 aromatic rings. The normalized spacial score (nSPS) is 13.8. The van der Waals surface area contributed by atoms with E-state index in [9.17, 15) is 0 Å². The zero-order chi connectivity index (χ0) is 15.1. The van der Waals surface area contributed by atoms with Crippen molar-refractivity contribution in [1.82, 2.24) is 9.97 Å². The lowest BCUT2D eigenvalue weighted by Gasteiger charge is -2.26. The molecule has 1 aliphatic carbocycles. The molecule has 1 aliphatic rings. The van der Waals surface area contributed by atoms with E-state index in [1.807, 2.05) is 0 Å². The molecule has 114 valence electrons. The van der Waals surface area contributed by atoms with Crippen LogP contribution in [0, 0.1) is 11.3 Å². The van der Waals surface area contributed by atoms with Crippen LogP contribution in [0.4, 0.5) is 11.6 Å². The third-order valence-corrected chi connectivity index (χ3v) is 3.69. The number of nitrogens with one attached hydrogen (secondary N) is 1. The molecule has 0 atom stereocenters. The molecule has 5 heteroatoms. The highest BCUT2D eigenvalue weighted by Gasteiger charge is 2.31. The second-order valence-corrected chi connectivity index (χ2v) is 5.53. The monoisotopic (exact) mass is 287 g/mol. The third kappa shape index (κ3) is 4.07. The van der Waals surface area contributed by atoms with E-state index in [4.69, 9.17) is 5.26 Å². The van der Waals surface area contributed by atoms with E-state index in [2.05, 4.69) is 40.1 Å². The molecule has 0 unspecified atom stereocenters. The average Bonchev–Trinajstić information content (AvgIpc) is 3.32. The molecule has 0 aliphatic heterocycles. The van der Waals surface area contributed by atoms with E-state index < -0.39 is 0 Å². The molecule has 0 spiro atoms. The number of hydrogen-bond acceptors (Lipinski definition) is 5. The molecular formula is C16H25N5. The van der Waals surface area contributed by atoms with Crippen molar-refractivity contribution < 1.29 is 0 Å². The summed E-state index contributed by atoms with van der Waals surface area (Å²) in [4.78, 5) is 11.3. The van der Waals surface area contributed by atoms with Crippen LogP contribution in [-0.4, -0.2) is 29.1 Å². The van der Waals surface area contributed by atoms with Gasteiger partial charge < -0.3 is 10.2 Å². The number of nitrogens with zero attached hydrogens (tertiary/aromatic N) is 4. The van der Waals surface area contributed by atoms with Crippen molar-refractivity contribution in [2.45, 2.75) is 58.4 Å². The van der Waals surface area contributed by atoms with Gasteiger partial charge in [-0.25, -0.2) is 9.97 Å². The van der Waals surface area contributed by atoms with Crippen molar-refractivity contribution in [1.29, 1.82) is 5.26 Å². The van der Waals surface area contributed by atoms with Gasteiger partial charge in [-0.3, -0.25) is 0 Å². The highest BCUT2D eigenvalue weighted by atomic mass is 15.2. The highest BCUT2D eigenvalue weighted by molar-refractivity contribution is 5.60. The number of aromatic nitrogens is 2. The van der Waals surface area contributed by atoms with Crippen molar-refractivity contribution in [3.8, 4) is 6.07 Å². The maximum Gasteiger partial charge on any atom is 0.137 e. The second kappa shape index (κ2) is 7.82. The van der Waals surface area contributed by atoms with Gasteiger partial charge in [0.25, 0.3) is 0 Å². The lowest BCUT2D eigenvalue weighted by atomic mass is 10.1. The molecular weight excluding hydrogens is 262 g/mol. The first-order valence-corrected chi connectivity index (χ1v) is 8.03. The fourth-order valence-corrected chi connectivity index (χ4v) is 2.54. The number of anilines is 2. The minimum Gasteiger partial charge on any atom is -0.370 e. The van der Waals surface area contributed by atoms with Crippen molar-refractivity contribution in [3.63, 3.8) is 0 Å². The second-order valence-electron chi connectivity index (χ2n) is 5.53. The first-order chi connectivity index (χ1) is 10.3. The lowest BCUT2D eigenvalue weighted by Crippen LogP contribution is -2.29. The minimum atomic E-state index is 0.545. The standard InChI is InChI=1S/C16H25N5/c1-3-6-14-15(18-10-4-2)19-12-20-16(14)21(11-5-9-17)13-7-8-13/h12-13H,3-8,10-11H2,1-2H3,(H,18,19,20). The van der Waals surface area contributed by atoms with Gasteiger partial charge in [0.1, 0.15) is 18.0 Å². The van der Waals surface area contributed by atoms with Gasteiger partial charge in [-0.1, -0.05) is 20.3 Å². The van der Waals surface area contributed by atoms with Crippen LogP contribution in [0.5, 0.6) is 0 Å². The molecule has 0 aromatic carbocycles. The van der Waals surface area contributed by atoms with Crippen LogP contribution in [-0.2, 0) is 6.42 Å². The van der Waals surface area contributed by atoms with E-state index >= 15 is 0 Å². The SMILES string of the molecule is CCCNc1ncnc(N(CCC#N)C2CC2)c1CCC. The molecule has 1 saturated carbocycles. The number of rotatable bonds is 9. The van der Waals surface area contributed by atoms with Crippen LogP contribution in [0.15, 0.2) is 6.33 Å². The van der Waals surface area contributed by atoms with Gasteiger partial charge in [-0.2, -0.15) is 5.26 Å². The minimum absolute atomic E-state index is 0.545. The topological polar surface area (TPSA) is 64.8 Å². The van der Waals surface area contributed by atoms with Crippen molar-refractivity contribution >= 4 is 11.6 Å². The summed E-state index contributed by atoms with van der Waals surface area (Å²) in [5, 5.41) is 12.3. The maximum atomic E-state index is 8.89. The molecule has 21 heavy (non-hydrogen) atoms. The van der Waals surface area contributed by atoms with Crippen molar-refractivity contribution in [2.24, 2.45) is 0 Å². The molecule has 1 aromatic heterocycles. The number of hydrogen-bond donors (Lipinski definition) is 1. The van der Waals surface area contributed by atoms with Gasteiger partial charge in [0.05, 0.1) is 12.5 Å². The average molecular weight is 287 g/mol. The molecule has 5 nitrogen and oxygen atoms in total. The van der Waals surface area contributed by atoms with Crippen LogP contribution in [0.2, 0.25) is 0 Å². The van der Waals surface area contributed by atoms with Gasteiger partial charge in [0.15, 0.2) is 0 Å². The smallest absolute Gasteiger partial charge is 0.137 e. The molecule has 1 fully saturated rings. The van der Waals surface area contributed by atoms with E-state index in [0.717, 1.165) is 44.0 Å². The molecule has 0 radical (unpaired) electrons. The molecule has 2 rings (SSSR count). The summed E-state index contributed by atoms with van der Waals surface area (Å²) in [5.41, 5.74) is 1.21. The Labute approximate surface area is 127 Å². The summed E-state index contributed by atoms with van der Waals surface area (Å²) in [6, 6.07) is 2.81. The first-order valence-electron chi connectivity index (χ1n) is 8.03. The molecule has 1 N–H and O–H groups in total. The van der Waals surface area contributed by atoms with E-state index in [-0.39, 0.29) is 0 Å². The zero-order valence-corrected chi connectivity index (χ0v) is 13.1. The largest absolute Gasteiger partial charge is 0.370 e. The van der Waals surface area contributed by atoms with Gasteiger partial charge >= 0.3 is 0 Å². The lowest BCUT2D eigenvalue weighted by molar-refractivity contribution is 0.759. The van der Waals surface area contributed by atoms with E-state index in [1.54, 1.807) is 6.33 Å². The Morgan fingerprint density at radius 1 is 1.33 bits per heavy atom. The Bertz CT molecular complexity index is 490. The van der Waals surface area contributed by atoms with Crippen LogP contribution in [0.1, 0.15) is 51.5 Å². The summed E-state index contributed by atoms with van der Waals surface area (Å²) >= 11 is 0. The van der Waals surface area contributed by atoms with Gasteiger partial charge in [0.2, 0.25) is 0 Å². The van der Waals surface area contributed by atoms with Gasteiger partial charge in [-0.05, 0) is 25.7 Å². The maximum absolute atomic E-state index is 8.89. The predicted molar refractivity (Wildman–Crippen MR) is 85.4 cm³/mol. The number of nitriles is 1. The van der Waals surface area contributed by atoms with Crippen LogP contribution in [0.25, 0.3) is 0 Å².